The number of nitrogens with one attached hydrogen (secondary N) is 1. The minimum atomic E-state index is -4.64. The molecule has 351 valence electrons. The van der Waals surface area contributed by atoms with Crippen LogP contribution in [0.5, 0.6) is 11.5 Å². The Morgan fingerprint density at radius 2 is 1.12 bits per heavy atom. The summed E-state index contributed by atoms with van der Waals surface area (Å²) in [5.41, 5.74) is 8.89. The number of nitrogens with zero attached hydrogens (tertiary/aromatic N) is 11. The Balaban J connectivity index is 0.000000145. The van der Waals surface area contributed by atoms with E-state index >= 15 is 0 Å². The highest BCUT2D eigenvalue weighted by molar-refractivity contribution is 6.03. The molecule has 9 heterocycles. The molecule has 16 nitrogen and oxygen atoms in total. The molecule has 0 aliphatic carbocycles. The molecule has 6 aromatic heterocycles. The summed E-state index contributed by atoms with van der Waals surface area (Å²) in [4.78, 5) is 40.3. The van der Waals surface area contributed by atoms with Gasteiger partial charge in [-0.25, -0.2) is 15.0 Å². The summed E-state index contributed by atoms with van der Waals surface area (Å²) < 4.78 is 45.8. The number of aldehydes is 1. The predicted molar refractivity (Wildman–Crippen MR) is 256 cm³/mol. The Bertz CT molecular complexity index is 3010. The van der Waals surface area contributed by atoms with Gasteiger partial charge in [-0.2, -0.15) is 28.5 Å². The van der Waals surface area contributed by atoms with Crippen molar-refractivity contribution in [2.75, 3.05) is 63.2 Å². The predicted octanol–water partition coefficient (Wildman–Crippen LogP) is 6.97. The lowest BCUT2D eigenvalue weighted by molar-refractivity contribution is -0.156. The first-order valence-electron chi connectivity index (χ1n) is 21.8. The number of benzene rings is 2. The number of carbonyl (C=O) groups is 2. The van der Waals surface area contributed by atoms with Gasteiger partial charge in [-0.1, -0.05) is 24.3 Å². The van der Waals surface area contributed by atoms with Gasteiger partial charge in [-0.15, -0.1) is 0 Å². The van der Waals surface area contributed by atoms with Crippen LogP contribution in [0, 0.1) is 0 Å². The molecule has 3 aliphatic heterocycles. The highest BCUT2D eigenvalue weighted by Gasteiger charge is 2.26. The van der Waals surface area contributed by atoms with Gasteiger partial charge in [0.1, 0.15) is 29.0 Å². The smallest absolute Gasteiger partial charge is 0.446 e. The number of aryl methyl sites for hydroxylation is 3. The number of hydrogen-bond acceptors (Lipinski definition) is 12. The molecule has 0 saturated carbocycles. The molecule has 8 aromatic rings. The second-order valence-electron chi connectivity index (χ2n) is 16.4. The van der Waals surface area contributed by atoms with Crippen molar-refractivity contribution >= 4 is 70.8 Å². The van der Waals surface area contributed by atoms with E-state index < -0.39 is 12.5 Å². The summed E-state index contributed by atoms with van der Waals surface area (Å²) in [5.74, 6) is 4.61. The molecule has 20 heteroatoms. The number of pyridine rings is 3. The second-order valence-corrected chi connectivity index (χ2v) is 16.4. The lowest BCUT2D eigenvalue weighted by atomic mass is 10.2. The lowest BCUT2D eigenvalue weighted by Crippen LogP contribution is -2.26. The number of amides is 1. The zero-order valence-corrected chi connectivity index (χ0v) is 38.5. The van der Waals surface area contributed by atoms with Gasteiger partial charge in [0.2, 0.25) is 12.2 Å². The largest absolute Gasteiger partial charge is 0.497 e. The van der Waals surface area contributed by atoms with Crippen LogP contribution >= 0.6 is 0 Å². The highest BCUT2D eigenvalue weighted by atomic mass is 19.4. The summed E-state index contributed by atoms with van der Waals surface area (Å²) >= 11 is 0. The van der Waals surface area contributed by atoms with Crippen molar-refractivity contribution in [1.29, 1.82) is 0 Å². The fourth-order valence-corrected chi connectivity index (χ4v) is 8.48. The number of hydrogen-bond donors (Lipinski definition) is 1. The molecule has 0 bridgehead atoms. The van der Waals surface area contributed by atoms with E-state index in [4.69, 9.17) is 24.5 Å². The van der Waals surface area contributed by atoms with Crippen molar-refractivity contribution in [3.05, 3.63) is 114 Å². The molecule has 1 amide bonds. The maximum absolute atomic E-state index is 12.1. The van der Waals surface area contributed by atoms with Crippen LogP contribution in [0.25, 0.3) is 32.7 Å². The van der Waals surface area contributed by atoms with E-state index in [0.717, 1.165) is 102 Å². The van der Waals surface area contributed by atoms with Crippen molar-refractivity contribution in [2.45, 2.75) is 57.8 Å². The average molecular weight is 928 g/mol. The third-order valence-corrected chi connectivity index (χ3v) is 11.9. The third-order valence-electron chi connectivity index (χ3n) is 11.9. The quantitative estimate of drug-likeness (QED) is 0.135. The fourth-order valence-electron chi connectivity index (χ4n) is 8.48. The Morgan fingerprint density at radius 1 is 0.647 bits per heavy atom. The number of H-pyrrole nitrogens is 1. The molecule has 11 rings (SSSR count). The second kappa shape index (κ2) is 21.0. The van der Waals surface area contributed by atoms with Crippen molar-refractivity contribution in [3.63, 3.8) is 0 Å². The normalized spacial score (nSPS) is 14.0. The van der Waals surface area contributed by atoms with Crippen LogP contribution in [0.2, 0.25) is 0 Å². The lowest BCUT2D eigenvalue weighted by Gasteiger charge is -2.16. The molecule has 68 heavy (non-hydrogen) atoms. The highest BCUT2D eigenvalue weighted by Crippen LogP contribution is 2.33. The minimum absolute atomic E-state index is 0. The van der Waals surface area contributed by atoms with Crippen molar-refractivity contribution in [1.82, 2.24) is 44.7 Å². The minimum Gasteiger partial charge on any atom is -0.497 e. The molecule has 0 saturated heterocycles. The summed E-state index contributed by atoms with van der Waals surface area (Å²) in [7, 11) is 9.32. The van der Waals surface area contributed by atoms with E-state index in [1.165, 1.54) is 27.7 Å². The topological polar surface area (TPSA) is 165 Å². The van der Waals surface area contributed by atoms with Crippen molar-refractivity contribution < 1.29 is 32.2 Å². The van der Waals surface area contributed by atoms with Crippen LogP contribution in [-0.2, 0) is 41.9 Å². The Morgan fingerprint density at radius 3 is 1.65 bits per heavy atom. The van der Waals surface area contributed by atoms with E-state index in [9.17, 15) is 18.0 Å². The summed E-state index contributed by atoms with van der Waals surface area (Å²) in [6.45, 7) is 3.52. The summed E-state index contributed by atoms with van der Waals surface area (Å²) in [6.07, 6.45) is 5.20. The molecular weight excluding hydrogens is 876 g/mol. The maximum Gasteiger partial charge on any atom is 0.446 e. The molecule has 0 fully saturated rings. The molecule has 0 atom stereocenters. The van der Waals surface area contributed by atoms with Gasteiger partial charge in [0.25, 0.3) is 0 Å². The molecule has 0 unspecified atom stereocenters. The third kappa shape index (κ3) is 10.5. The van der Waals surface area contributed by atoms with Crippen LogP contribution in [0.15, 0.2) is 85.3 Å². The Hall–Kier alpha value is -7.51. The number of alkyl halides is 3. The molecule has 0 spiro atoms. The van der Waals surface area contributed by atoms with Gasteiger partial charge < -0.3 is 19.3 Å². The Kier molecular flexibility index (Phi) is 14.9. The monoisotopic (exact) mass is 927 g/mol. The zero-order valence-electron chi connectivity index (χ0n) is 38.5. The molecule has 3 aliphatic rings. The zero-order chi connectivity index (χ0) is 47.2. The number of rotatable bonds is 6. The van der Waals surface area contributed by atoms with Gasteiger partial charge in [0, 0.05) is 79.8 Å². The average Bonchev–Trinajstić information content (AvgIpc) is 3.94. The van der Waals surface area contributed by atoms with Crippen LogP contribution in [0.4, 0.5) is 30.6 Å². The van der Waals surface area contributed by atoms with Gasteiger partial charge in [-0.3, -0.25) is 29.0 Å². The fraction of sp³-hybridized carbons (Fsp3) is 0.333. The number of aromatic amines is 1. The number of methoxy groups -OCH3 is 2. The number of ether oxygens (including phenoxy) is 2. The number of anilines is 3. The van der Waals surface area contributed by atoms with E-state index in [-0.39, 0.29) is 14.3 Å². The summed E-state index contributed by atoms with van der Waals surface area (Å²) in [6, 6.07) is 22.1. The molecule has 2 aromatic carbocycles. The molecule has 3 radical (unpaired) electrons. The van der Waals surface area contributed by atoms with Crippen LogP contribution in [0.1, 0.15) is 47.5 Å². The standard InChI is InChI=1S/C18H18N4O2.C18H20N4O.C10H12N4.C2HF3O.B/c1-21-16(23)8-7-14-17-15(9-10-19-18(17)21)22(20-14)11-12-3-5-13(24-2)6-4-12;1-21-11-3-4-15-17-16(9-10-19-18(17)21)22(20-15)12-13-5-7-14(23-2)8-6-13;1-14-6-2-3-7-9-8(13-12-7)4-5-11-10(9)14;3-2(4,5)1-6;/h3-6,9-10H,7-8,11H2,1-2H3;5-10H,3-4,11-12H2,1-2H3;4-5H,2-3,6H2,1H3,(H,12,13);1H;. The van der Waals surface area contributed by atoms with Gasteiger partial charge in [0.15, 0.2) is 0 Å². The SMILES string of the molecule is CN1CCCc2[nH]nc3ccnc1c23.COc1ccc(Cn2nc3c4c(nccc42)N(C)C(=O)CC3)cc1.COc1ccc(Cn2nc3c4c(nccc42)N(C)CCC3)cc1.O=CC(F)(F)F.[B]. The summed E-state index contributed by atoms with van der Waals surface area (Å²) in [5, 5.41) is 20.4. The maximum atomic E-state index is 12.1. The van der Waals surface area contributed by atoms with E-state index in [2.05, 4.69) is 71.9 Å². The molecular formula is C48H51BF3N12O4. The number of halogens is 3. The number of carbonyl (C=O) groups excluding carboxylic acids is 2. The first-order valence-corrected chi connectivity index (χ1v) is 21.8. The number of aromatic nitrogens is 9. The van der Waals surface area contributed by atoms with E-state index in [1.807, 2.05) is 65.6 Å². The van der Waals surface area contributed by atoms with Crippen LogP contribution in [-0.4, -0.2) is 120 Å². The van der Waals surface area contributed by atoms with Crippen molar-refractivity contribution in [3.8, 4) is 11.5 Å². The van der Waals surface area contributed by atoms with Crippen LogP contribution < -0.4 is 24.2 Å². The van der Waals surface area contributed by atoms with Crippen LogP contribution in [0.3, 0.4) is 0 Å². The van der Waals surface area contributed by atoms with Crippen molar-refractivity contribution in [2.24, 2.45) is 0 Å². The first kappa shape index (κ1) is 48.4. The van der Waals surface area contributed by atoms with E-state index in [0.29, 0.717) is 25.2 Å². The van der Waals surface area contributed by atoms with Gasteiger partial charge >= 0.3 is 6.18 Å². The first-order chi connectivity index (χ1) is 32.3. The van der Waals surface area contributed by atoms with Gasteiger partial charge in [0.05, 0.1) is 71.4 Å². The molecule has 1 N–H and O–H groups in total. The van der Waals surface area contributed by atoms with E-state index in [1.54, 1.807) is 32.4 Å². The Labute approximate surface area is 392 Å². The van der Waals surface area contributed by atoms with Gasteiger partial charge in [-0.05, 0) is 79.3 Å².